The Balaban J connectivity index is 2.00. The van der Waals surface area contributed by atoms with Crippen molar-refractivity contribution >= 4 is 56.2 Å². The molecule has 0 bridgehead atoms. The zero-order valence-electron chi connectivity index (χ0n) is 9.81. The molecule has 0 spiro atoms. The molecular weight excluding hydrogens is 350 g/mol. The Morgan fingerprint density at radius 1 is 1.42 bits per heavy atom. The highest BCUT2D eigenvalue weighted by molar-refractivity contribution is 9.10. The van der Waals surface area contributed by atoms with Crippen LogP contribution < -0.4 is 9.47 Å². The van der Waals surface area contributed by atoms with Gasteiger partial charge in [-0.1, -0.05) is 39.9 Å². The van der Waals surface area contributed by atoms with Gasteiger partial charge in [-0.25, -0.2) is 0 Å². The lowest BCUT2D eigenvalue weighted by molar-refractivity contribution is -0.121. The van der Waals surface area contributed by atoms with Gasteiger partial charge in [0.1, 0.15) is 4.32 Å². The van der Waals surface area contributed by atoms with E-state index >= 15 is 0 Å². The first-order valence-electron chi connectivity index (χ1n) is 5.37. The molecule has 0 aromatic heterocycles. The molecule has 98 valence electrons. The Labute approximate surface area is 127 Å². The summed E-state index contributed by atoms with van der Waals surface area (Å²) in [7, 11) is 1.67. The number of hydrogen-bond donors (Lipinski definition) is 0. The van der Waals surface area contributed by atoms with E-state index in [-0.39, 0.29) is 12.7 Å². The third-order valence-corrected chi connectivity index (χ3v) is 4.94. The largest absolute Gasteiger partial charge is 0.454 e. The van der Waals surface area contributed by atoms with Crippen molar-refractivity contribution < 1.29 is 14.3 Å². The van der Waals surface area contributed by atoms with Gasteiger partial charge in [0.25, 0.3) is 5.91 Å². The summed E-state index contributed by atoms with van der Waals surface area (Å²) in [6, 6.07) is 3.68. The Morgan fingerprint density at radius 3 is 2.74 bits per heavy atom. The normalized spacial score (nSPS) is 19.7. The molecule has 19 heavy (non-hydrogen) atoms. The lowest BCUT2D eigenvalue weighted by Crippen LogP contribution is -2.22. The van der Waals surface area contributed by atoms with Crippen molar-refractivity contribution in [3.8, 4) is 11.5 Å². The predicted octanol–water partition coefficient (Wildman–Crippen LogP) is 3.01. The second kappa shape index (κ2) is 4.81. The Bertz CT molecular complexity index is 630. The van der Waals surface area contributed by atoms with Crippen LogP contribution in [-0.2, 0) is 4.79 Å². The average molecular weight is 358 g/mol. The van der Waals surface area contributed by atoms with Gasteiger partial charge >= 0.3 is 0 Å². The average Bonchev–Trinajstić information content (AvgIpc) is 2.91. The quantitative estimate of drug-likeness (QED) is 0.570. The number of amides is 1. The molecule has 2 aliphatic heterocycles. The third kappa shape index (κ3) is 2.26. The zero-order valence-corrected chi connectivity index (χ0v) is 13.0. The number of rotatable bonds is 1. The highest BCUT2D eigenvalue weighted by atomic mass is 79.9. The van der Waals surface area contributed by atoms with E-state index in [2.05, 4.69) is 15.9 Å². The van der Waals surface area contributed by atoms with Crippen LogP contribution in [0.1, 0.15) is 5.56 Å². The standard InChI is InChI=1S/C12H8BrNO3S2/c1-14-11(15)10(19-12(14)18)3-6-2-8-9(4-7(6)13)17-5-16-8/h2-4H,5H2,1H3/b10-3+. The van der Waals surface area contributed by atoms with Crippen LogP contribution in [0.25, 0.3) is 6.08 Å². The van der Waals surface area contributed by atoms with E-state index in [1.807, 2.05) is 12.1 Å². The molecule has 1 fully saturated rings. The molecule has 7 heteroatoms. The molecule has 4 nitrogen and oxygen atoms in total. The molecule has 1 aromatic carbocycles. The number of halogens is 1. The first kappa shape index (κ1) is 13.0. The third-order valence-electron chi connectivity index (χ3n) is 2.77. The highest BCUT2D eigenvalue weighted by Crippen LogP contribution is 2.39. The van der Waals surface area contributed by atoms with Crippen LogP contribution in [0.2, 0.25) is 0 Å². The van der Waals surface area contributed by atoms with Crippen molar-refractivity contribution in [1.82, 2.24) is 4.90 Å². The van der Waals surface area contributed by atoms with E-state index in [4.69, 9.17) is 21.7 Å². The minimum atomic E-state index is -0.0837. The molecule has 0 saturated carbocycles. The maximum atomic E-state index is 11.9. The first-order valence-corrected chi connectivity index (χ1v) is 7.39. The number of hydrogen-bond acceptors (Lipinski definition) is 5. The van der Waals surface area contributed by atoms with Crippen LogP contribution in [0.3, 0.4) is 0 Å². The smallest absolute Gasteiger partial charge is 0.265 e. The molecule has 0 aliphatic carbocycles. The van der Waals surface area contributed by atoms with Crippen molar-refractivity contribution in [2.24, 2.45) is 0 Å². The van der Waals surface area contributed by atoms with Crippen LogP contribution in [0, 0.1) is 0 Å². The van der Waals surface area contributed by atoms with E-state index in [0.717, 1.165) is 10.0 Å². The number of benzene rings is 1. The van der Waals surface area contributed by atoms with Crippen LogP contribution >= 0.6 is 39.9 Å². The monoisotopic (exact) mass is 357 g/mol. The maximum absolute atomic E-state index is 11.9. The van der Waals surface area contributed by atoms with E-state index in [0.29, 0.717) is 20.7 Å². The summed E-state index contributed by atoms with van der Waals surface area (Å²) in [5.74, 6) is 1.30. The predicted molar refractivity (Wildman–Crippen MR) is 81.2 cm³/mol. The molecule has 2 aliphatic rings. The fourth-order valence-electron chi connectivity index (χ4n) is 1.73. The topological polar surface area (TPSA) is 38.8 Å². The lowest BCUT2D eigenvalue weighted by Gasteiger charge is -2.04. The molecule has 1 amide bonds. The molecule has 2 heterocycles. The summed E-state index contributed by atoms with van der Waals surface area (Å²) >= 11 is 9.85. The minimum Gasteiger partial charge on any atom is -0.454 e. The fraction of sp³-hybridized carbons (Fsp3) is 0.167. The number of fused-ring (bicyclic) bond motifs is 1. The van der Waals surface area contributed by atoms with Gasteiger partial charge < -0.3 is 9.47 Å². The van der Waals surface area contributed by atoms with E-state index in [1.54, 1.807) is 13.1 Å². The van der Waals surface area contributed by atoms with Gasteiger partial charge in [-0.3, -0.25) is 9.69 Å². The van der Waals surface area contributed by atoms with Gasteiger partial charge in [-0.2, -0.15) is 0 Å². The van der Waals surface area contributed by atoms with Crippen LogP contribution in [0.15, 0.2) is 21.5 Å². The van der Waals surface area contributed by atoms with E-state index in [9.17, 15) is 4.79 Å². The minimum absolute atomic E-state index is 0.0837. The summed E-state index contributed by atoms with van der Waals surface area (Å²) in [6.45, 7) is 0.225. The number of carbonyl (C=O) groups is 1. The van der Waals surface area contributed by atoms with E-state index < -0.39 is 0 Å². The second-order valence-electron chi connectivity index (χ2n) is 3.97. The Hall–Kier alpha value is -1.05. The summed E-state index contributed by atoms with van der Waals surface area (Å²) < 4.78 is 12.0. The van der Waals surface area contributed by atoms with Gasteiger partial charge in [0.15, 0.2) is 11.5 Å². The van der Waals surface area contributed by atoms with Crippen molar-refractivity contribution in [2.75, 3.05) is 13.8 Å². The number of likely N-dealkylation sites (N-methyl/N-ethyl adjacent to an activating group) is 1. The van der Waals surface area contributed by atoms with Gasteiger partial charge in [-0.15, -0.1) is 0 Å². The number of nitrogens with zero attached hydrogens (tertiary/aromatic N) is 1. The molecule has 3 rings (SSSR count). The van der Waals surface area contributed by atoms with Crippen molar-refractivity contribution in [2.45, 2.75) is 0 Å². The van der Waals surface area contributed by atoms with Gasteiger partial charge in [-0.05, 0) is 23.8 Å². The number of ether oxygens (including phenoxy) is 2. The number of thiocarbonyl (C=S) groups is 1. The summed E-state index contributed by atoms with van der Waals surface area (Å²) in [4.78, 5) is 14.0. The molecule has 1 aromatic rings. The van der Waals surface area contributed by atoms with Crippen molar-refractivity contribution in [3.63, 3.8) is 0 Å². The molecule has 0 radical (unpaired) electrons. The fourth-order valence-corrected chi connectivity index (χ4v) is 3.34. The van der Waals surface area contributed by atoms with Crippen LogP contribution in [0.5, 0.6) is 11.5 Å². The number of carbonyl (C=O) groups excluding carboxylic acids is 1. The van der Waals surface area contributed by atoms with Gasteiger partial charge in [0.2, 0.25) is 6.79 Å². The van der Waals surface area contributed by atoms with Gasteiger partial charge in [0.05, 0.1) is 4.91 Å². The van der Waals surface area contributed by atoms with E-state index in [1.165, 1.54) is 16.7 Å². The van der Waals surface area contributed by atoms with Crippen LogP contribution in [0.4, 0.5) is 0 Å². The molecule has 0 unspecified atom stereocenters. The summed E-state index contributed by atoms with van der Waals surface area (Å²) in [6.07, 6.45) is 1.80. The Morgan fingerprint density at radius 2 is 2.11 bits per heavy atom. The van der Waals surface area contributed by atoms with Crippen LogP contribution in [-0.4, -0.2) is 29.0 Å². The first-order chi connectivity index (χ1) is 9.06. The van der Waals surface area contributed by atoms with Crippen molar-refractivity contribution in [3.05, 3.63) is 27.1 Å². The molecular formula is C12H8BrNO3S2. The van der Waals surface area contributed by atoms with Crippen molar-refractivity contribution in [1.29, 1.82) is 0 Å². The Kier molecular flexibility index (Phi) is 3.28. The van der Waals surface area contributed by atoms with Gasteiger partial charge in [0, 0.05) is 11.5 Å². The maximum Gasteiger partial charge on any atom is 0.265 e. The molecule has 0 N–H and O–H groups in total. The molecule has 0 atom stereocenters. The molecule has 1 saturated heterocycles. The zero-order chi connectivity index (χ0) is 13.6. The highest BCUT2D eigenvalue weighted by Gasteiger charge is 2.29. The number of thioether (sulfide) groups is 1. The SMILES string of the molecule is CN1C(=O)/C(=C\c2cc3c(cc2Br)OCO3)SC1=S. The summed E-state index contributed by atoms with van der Waals surface area (Å²) in [5.41, 5.74) is 0.859. The second-order valence-corrected chi connectivity index (χ2v) is 6.50. The lowest BCUT2D eigenvalue weighted by atomic mass is 10.2. The summed E-state index contributed by atoms with van der Waals surface area (Å²) in [5, 5.41) is 0.